The summed E-state index contributed by atoms with van der Waals surface area (Å²) >= 11 is 5.08. The van der Waals surface area contributed by atoms with E-state index in [-0.39, 0.29) is 0 Å². The summed E-state index contributed by atoms with van der Waals surface area (Å²) in [5.74, 6) is 0.750. The van der Waals surface area contributed by atoms with Crippen LogP contribution in [0, 0.1) is 6.92 Å². The second-order valence-electron chi connectivity index (χ2n) is 4.21. The second kappa shape index (κ2) is 5.87. The molecule has 0 fully saturated rings. The van der Waals surface area contributed by atoms with Crippen molar-refractivity contribution in [2.45, 2.75) is 26.6 Å². The average Bonchev–Trinajstić information content (AvgIpc) is 2.73. The van der Waals surface area contributed by atoms with Crippen LogP contribution < -0.4 is 4.74 Å². The molecule has 0 saturated heterocycles. The van der Waals surface area contributed by atoms with E-state index in [9.17, 15) is 5.11 Å². The van der Waals surface area contributed by atoms with E-state index in [0.29, 0.717) is 6.61 Å². The van der Waals surface area contributed by atoms with Crippen LogP contribution in [0.3, 0.4) is 0 Å². The van der Waals surface area contributed by atoms with Gasteiger partial charge in [-0.1, -0.05) is 11.6 Å². The Labute approximate surface area is 119 Å². The van der Waals surface area contributed by atoms with Crippen molar-refractivity contribution < 1.29 is 9.84 Å². The maximum atomic E-state index is 9.75. The van der Waals surface area contributed by atoms with E-state index in [2.05, 4.69) is 15.9 Å². The van der Waals surface area contributed by atoms with Gasteiger partial charge in [-0.05, 0) is 54.0 Å². The van der Waals surface area contributed by atoms with Gasteiger partial charge in [0.05, 0.1) is 9.89 Å². The third-order valence-electron chi connectivity index (χ3n) is 2.61. The Morgan fingerprint density at radius 2 is 2.11 bits per heavy atom. The number of ether oxygens (including phenoxy) is 1. The number of hydrogen-bond acceptors (Lipinski definition) is 3. The van der Waals surface area contributed by atoms with E-state index in [4.69, 9.17) is 4.74 Å². The molecule has 2 rings (SSSR count). The summed E-state index contributed by atoms with van der Waals surface area (Å²) < 4.78 is 6.88. The zero-order valence-electron chi connectivity index (χ0n) is 10.3. The molecule has 1 N–H and O–H groups in total. The molecule has 0 aliphatic heterocycles. The molecule has 0 saturated carbocycles. The first kappa shape index (κ1) is 13.6. The van der Waals surface area contributed by atoms with Crippen molar-refractivity contribution in [3.8, 4) is 5.75 Å². The van der Waals surface area contributed by atoms with Crippen LogP contribution in [-0.4, -0.2) is 5.11 Å². The van der Waals surface area contributed by atoms with Gasteiger partial charge < -0.3 is 9.84 Å². The summed E-state index contributed by atoms with van der Waals surface area (Å²) in [6.45, 7) is 4.29. The number of aliphatic hydroxyl groups is 1. The van der Waals surface area contributed by atoms with Crippen LogP contribution in [0.1, 0.15) is 29.0 Å². The van der Waals surface area contributed by atoms with Crippen molar-refractivity contribution in [1.29, 1.82) is 0 Å². The van der Waals surface area contributed by atoms with Gasteiger partial charge in [-0.15, -0.1) is 11.3 Å². The molecule has 1 aromatic heterocycles. The molecule has 1 atom stereocenters. The van der Waals surface area contributed by atoms with E-state index in [1.807, 2.05) is 37.3 Å². The first-order valence-corrected chi connectivity index (χ1v) is 7.33. The van der Waals surface area contributed by atoms with Crippen LogP contribution in [0.15, 0.2) is 34.1 Å². The Morgan fingerprint density at radius 1 is 1.33 bits per heavy atom. The Balaban J connectivity index is 2.13. The van der Waals surface area contributed by atoms with Gasteiger partial charge in [0, 0.05) is 10.4 Å². The lowest BCUT2D eigenvalue weighted by atomic mass is 10.1. The maximum absolute atomic E-state index is 9.75. The van der Waals surface area contributed by atoms with Crippen LogP contribution in [-0.2, 0) is 6.61 Å². The number of benzene rings is 1. The highest BCUT2D eigenvalue weighted by Gasteiger charge is 2.10. The monoisotopic (exact) mass is 326 g/mol. The van der Waals surface area contributed by atoms with Gasteiger partial charge in [0.25, 0.3) is 0 Å². The van der Waals surface area contributed by atoms with Crippen molar-refractivity contribution >= 4 is 27.3 Å². The van der Waals surface area contributed by atoms with Crippen molar-refractivity contribution in [1.82, 2.24) is 0 Å². The van der Waals surface area contributed by atoms with Crippen LogP contribution in [0.25, 0.3) is 0 Å². The average molecular weight is 327 g/mol. The third-order valence-corrected chi connectivity index (χ3v) is 4.21. The molecule has 0 unspecified atom stereocenters. The number of thiophene rings is 1. The number of rotatable bonds is 4. The van der Waals surface area contributed by atoms with Gasteiger partial charge in [0.15, 0.2) is 0 Å². The lowest BCUT2D eigenvalue weighted by Gasteiger charge is -2.13. The number of halogens is 1. The summed E-state index contributed by atoms with van der Waals surface area (Å²) in [7, 11) is 0. The normalized spacial score (nSPS) is 12.4. The van der Waals surface area contributed by atoms with Gasteiger partial charge in [-0.2, -0.15) is 0 Å². The van der Waals surface area contributed by atoms with E-state index in [0.717, 1.165) is 25.5 Å². The molecule has 2 aromatic rings. The summed E-state index contributed by atoms with van der Waals surface area (Å²) in [5.41, 5.74) is 1.96. The minimum atomic E-state index is -0.519. The number of aryl methyl sites for hydroxylation is 1. The van der Waals surface area contributed by atoms with Crippen molar-refractivity contribution in [2.24, 2.45) is 0 Å². The molecule has 2 nitrogen and oxygen atoms in total. The molecule has 96 valence electrons. The first-order chi connectivity index (χ1) is 8.56. The fraction of sp³-hybridized carbons (Fsp3) is 0.286. The lowest BCUT2D eigenvalue weighted by molar-refractivity contribution is 0.190. The topological polar surface area (TPSA) is 29.5 Å². The number of aliphatic hydroxyl groups excluding tert-OH is 1. The summed E-state index contributed by atoms with van der Waals surface area (Å²) in [4.78, 5) is 1.15. The largest absolute Gasteiger partial charge is 0.488 e. The standard InChI is InChI=1S/C14H15BrO2S/c1-9-3-5-13(12(7-9)10(2)16)17-8-11-4-6-14(15)18-11/h3-7,10,16H,8H2,1-2H3/t10-/m1/s1. The minimum absolute atomic E-state index is 0.519. The number of hydrogen-bond donors (Lipinski definition) is 1. The predicted molar refractivity (Wildman–Crippen MR) is 78.2 cm³/mol. The fourth-order valence-electron chi connectivity index (χ4n) is 1.70. The van der Waals surface area contributed by atoms with E-state index in [1.54, 1.807) is 18.3 Å². The minimum Gasteiger partial charge on any atom is -0.488 e. The van der Waals surface area contributed by atoms with Crippen molar-refractivity contribution in [3.63, 3.8) is 0 Å². The van der Waals surface area contributed by atoms with Gasteiger partial charge in [0.1, 0.15) is 12.4 Å². The Morgan fingerprint density at radius 3 is 2.72 bits per heavy atom. The summed E-state index contributed by atoms with van der Waals surface area (Å²) in [6.07, 6.45) is -0.519. The molecule has 4 heteroatoms. The van der Waals surface area contributed by atoms with Crippen molar-refractivity contribution in [2.75, 3.05) is 0 Å². The van der Waals surface area contributed by atoms with Crippen LogP contribution >= 0.6 is 27.3 Å². The Kier molecular flexibility index (Phi) is 4.43. The Bertz CT molecular complexity index is 534. The predicted octanol–water partition coefficient (Wildman–Crippen LogP) is 4.45. The third kappa shape index (κ3) is 3.34. The highest BCUT2D eigenvalue weighted by molar-refractivity contribution is 9.11. The lowest BCUT2D eigenvalue weighted by Crippen LogP contribution is -2.00. The summed E-state index contributed by atoms with van der Waals surface area (Å²) in [5, 5.41) is 9.75. The molecule has 0 aliphatic carbocycles. The Hall–Kier alpha value is -0.840. The molecule has 1 aromatic carbocycles. The fourth-order valence-corrected chi connectivity index (χ4v) is 3.10. The molecule has 1 heterocycles. The molecule has 0 spiro atoms. The van der Waals surface area contributed by atoms with Crippen molar-refractivity contribution in [3.05, 3.63) is 50.1 Å². The zero-order chi connectivity index (χ0) is 13.1. The van der Waals surface area contributed by atoms with E-state index in [1.165, 1.54) is 0 Å². The molecule has 0 radical (unpaired) electrons. The molecular weight excluding hydrogens is 312 g/mol. The van der Waals surface area contributed by atoms with Crippen LogP contribution in [0.4, 0.5) is 0 Å². The molecular formula is C14H15BrO2S. The summed E-state index contributed by atoms with van der Waals surface area (Å²) in [6, 6.07) is 9.91. The van der Waals surface area contributed by atoms with E-state index < -0.39 is 6.10 Å². The SMILES string of the molecule is Cc1ccc(OCc2ccc(Br)s2)c([C@@H](C)O)c1. The highest BCUT2D eigenvalue weighted by Crippen LogP contribution is 2.28. The van der Waals surface area contributed by atoms with Gasteiger partial charge in [-0.25, -0.2) is 0 Å². The van der Waals surface area contributed by atoms with Gasteiger partial charge >= 0.3 is 0 Å². The molecule has 0 amide bonds. The smallest absolute Gasteiger partial charge is 0.125 e. The molecule has 0 aliphatic rings. The zero-order valence-corrected chi connectivity index (χ0v) is 12.7. The second-order valence-corrected chi connectivity index (χ2v) is 6.76. The van der Waals surface area contributed by atoms with E-state index >= 15 is 0 Å². The molecule has 0 bridgehead atoms. The first-order valence-electron chi connectivity index (χ1n) is 5.72. The maximum Gasteiger partial charge on any atom is 0.125 e. The quantitative estimate of drug-likeness (QED) is 0.899. The van der Waals surface area contributed by atoms with Gasteiger partial charge in [0.2, 0.25) is 0 Å². The van der Waals surface area contributed by atoms with Crippen LogP contribution in [0.2, 0.25) is 0 Å². The molecule has 18 heavy (non-hydrogen) atoms. The highest BCUT2D eigenvalue weighted by atomic mass is 79.9. The van der Waals surface area contributed by atoms with Gasteiger partial charge in [-0.3, -0.25) is 0 Å². The van der Waals surface area contributed by atoms with Crippen LogP contribution in [0.5, 0.6) is 5.75 Å².